The normalized spacial score (nSPS) is 14.5. The first-order valence-electron chi connectivity index (χ1n) is 7.49. The third-order valence-corrected chi connectivity index (χ3v) is 5.19. The highest BCUT2D eigenvalue weighted by Gasteiger charge is 2.12. The van der Waals surface area contributed by atoms with E-state index in [1.54, 1.807) is 24.3 Å². The lowest BCUT2D eigenvalue weighted by atomic mass is 10.1. The fourth-order valence-electron chi connectivity index (χ4n) is 2.30. The maximum atomic E-state index is 9.94. The van der Waals surface area contributed by atoms with E-state index in [2.05, 4.69) is 17.4 Å². The molecule has 0 aromatic heterocycles. The summed E-state index contributed by atoms with van der Waals surface area (Å²) in [7, 11) is 0. The molecular formula is C19H16Cl2NOS. The summed E-state index contributed by atoms with van der Waals surface area (Å²) in [6.45, 7) is 0.602. The number of hydrogen-bond donors (Lipinski definition) is 2. The van der Waals surface area contributed by atoms with Crippen LogP contribution in [0.5, 0.6) is 0 Å². The molecule has 2 aromatic carbocycles. The number of allylic oxidation sites excluding steroid dienone is 3. The third-order valence-electron chi connectivity index (χ3n) is 3.55. The van der Waals surface area contributed by atoms with Crippen LogP contribution < -0.4 is 5.32 Å². The van der Waals surface area contributed by atoms with Crippen LogP contribution in [0.25, 0.3) is 0 Å². The molecule has 1 aliphatic carbocycles. The van der Waals surface area contributed by atoms with Crippen LogP contribution >= 0.6 is 35.0 Å². The predicted octanol–water partition coefficient (Wildman–Crippen LogP) is 6.08. The van der Waals surface area contributed by atoms with Crippen LogP contribution in [0, 0.1) is 6.42 Å². The van der Waals surface area contributed by atoms with Crippen LogP contribution in [0.3, 0.4) is 0 Å². The Balaban J connectivity index is 1.74. The fourth-order valence-corrected chi connectivity index (χ4v) is 3.56. The summed E-state index contributed by atoms with van der Waals surface area (Å²) in [5.41, 5.74) is 1.80. The molecule has 0 saturated heterocycles. The third kappa shape index (κ3) is 4.50. The van der Waals surface area contributed by atoms with E-state index in [0.717, 1.165) is 20.4 Å². The summed E-state index contributed by atoms with van der Waals surface area (Å²) >= 11 is 13.7. The number of aliphatic hydroxyl groups excluding tert-OH is 1. The molecule has 3 rings (SSSR count). The van der Waals surface area contributed by atoms with Gasteiger partial charge in [-0.2, -0.15) is 0 Å². The van der Waals surface area contributed by atoms with Crippen molar-refractivity contribution in [3.63, 3.8) is 0 Å². The van der Waals surface area contributed by atoms with Crippen LogP contribution in [-0.2, 0) is 6.54 Å². The fraction of sp³-hybridized carbons (Fsp3) is 0.105. The highest BCUT2D eigenvalue weighted by atomic mass is 35.5. The smallest absolute Gasteiger partial charge is 0.120 e. The Morgan fingerprint density at radius 1 is 1.04 bits per heavy atom. The molecule has 0 spiro atoms. The number of aliphatic hydroxyl groups is 1. The second-order valence-electron chi connectivity index (χ2n) is 5.32. The highest BCUT2D eigenvalue weighted by molar-refractivity contribution is 7.99. The van der Waals surface area contributed by atoms with Crippen molar-refractivity contribution in [3.05, 3.63) is 88.1 Å². The Morgan fingerprint density at radius 2 is 1.79 bits per heavy atom. The van der Waals surface area contributed by atoms with Crippen LogP contribution in [0.4, 0.5) is 0 Å². The van der Waals surface area contributed by atoms with E-state index >= 15 is 0 Å². The van der Waals surface area contributed by atoms with Gasteiger partial charge >= 0.3 is 0 Å². The molecule has 1 aliphatic rings. The summed E-state index contributed by atoms with van der Waals surface area (Å²) < 4.78 is 0. The largest absolute Gasteiger partial charge is 0.510 e. The SMILES string of the molecule is OC1=C(NCc2ccccc2Sc2ccc(Cl)cc2)C=C(Cl)C[CH]1. The first kappa shape index (κ1) is 17.3. The molecule has 0 amide bonds. The Kier molecular flexibility index (Phi) is 5.77. The van der Waals surface area contributed by atoms with Crippen molar-refractivity contribution in [1.29, 1.82) is 0 Å². The minimum Gasteiger partial charge on any atom is -0.510 e. The summed E-state index contributed by atoms with van der Waals surface area (Å²) in [6.07, 6.45) is 4.05. The first-order chi connectivity index (χ1) is 11.6. The van der Waals surface area contributed by atoms with Gasteiger partial charge in [-0.1, -0.05) is 53.2 Å². The molecule has 123 valence electrons. The standard InChI is InChI=1S/C19H16Cl2NOS/c20-14-5-8-16(9-6-14)24-19-4-2-1-3-13(19)12-22-17-11-15(21)7-10-18(17)23/h1-6,8-11,22-23H,7,12H2. The Bertz CT molecular complexity index is 784. The average Bonchev–Trinajstić information content (AvgIpc) is 2.59. The monoisotopic (exact) mass is 376 g/mol. The van der Waals surface area contributed by atoms with Gasteiger partial charge in [0, 0.05) is 32.8 Å². The summed E-state index contributed by atoms with van der Waals surface area (Å²) in [5.74, 6) is 0.238. The molecule has 5 heteroatoms. The number of rotatable bonds is 5. The van der Waals surface area contributed by atoms with Crippen LogP contribution in [0.1, 0.15) is 12.0 Å². The maximum absolute atomic E-state index is 9.94. The average molecular weight is 377 g/mol. The van der Waals surface area contributed by atoms with E-state index in [-0.39, 0.29) is 5.76 Å². The van der Waals surface area contributed by atoms with Gasteiger partial charge in [0.25, 0.3) is 0 Å². The van der Waals surface area contributed by atoms with Crippen LogP contribution in [-0.4, -0.2) is 5.11 Å². The molecule has 24 heavy (non-hydrogen) atoms. The van der Waals surface area contributed by atoms with E-state index in [4.69, 9.17) is 23.2 Å². The van der Waals surface area contributed by atoms with Crippen molar-refractivity contribution in [3.8, 4) is 0 Å². The Morgan fingerprint density at radius 3 is 2.58 bits per heavy atom. The summed E-state index contributed by atoms with van der Waals surface area (Å²) in [5, 5.41) is 14.6. The molecule has 2 nitrogen and oxygen atoms in total. The Hall–Kier alpha value is -1.55. The minimum atomic E-state index is 0.238. The number of halogens is 2. The molecule has 2 aromatic rings. The van der Waals surface area contributed by atoms with E-state index < -0.39 is 0 Å². The molecule has 0 bridgehead atoms. The lowest BCUT2D eigenvalue weighted by Gasteiger charge is -2.16. The van der Waals surface area contributed by atoms with Gasteiger partial charge in [0.1, 0.15) is 5.76 Å². The van der Waals surface area contributed by atoms with Gasteiger partial charge in [0.15, 0.2) is 0 Å². The van der Waals surface area contributed by atoms with Crippen molar-refractivity contribution in [2.45, 2.75) is 22.8 Å². The van der Waals surface area contributed by atoms with Gasteiger partial charge in [-0.3, -0.25) is 0 Å². The summed E-state index contributed by atoms with van der Waals surface area (Å²) in [4.78, 5) is 2.28. The second-order valence-corrected chi connectivity index (χ2v) is 7.35. The predicted molar refractivity (Wildman–Crippen MR) is 101 cm³/mol. The van der Waals surface area contributed by atoms with E-state index in [0.29, 0.717) is 23.7 Å². The van der Waals surface area contributed by atoms with Gasteiger partial charge in [-0.25, -0.2) is 0 Å². The molecule has 1 radical (unpaired) electrons. The van der Waals surface area contributed by atoms with Crippen molar-refractivity contribution in [2.24, 2.45) is 0 Å². The van der Waals surface area contributed by atoms with E-state index in [1.165, 1.54) is 0 Å². The molecule has 0 heterocycles. The van der Waals surface area contributed by atoms with Crippen molar-refractivity contribution < 1.29 is 5.11 Å². The zero-order valence-corrected chi connectivity index (χ0v) is 15.1. The topological polar surface area (TPSA) is 32.3 Å². The summed E-state index contributed by atoms with van der Waals surface area (Å²) in [6, 6.07) is 16.0. The lowest BCUT2D eigenvalue weighted by molar-refractivity contribution is 0.406. The molecule has 0 unspecified atom stereocenters. The van der Waals surface area contributed by atoms with Gasteiger partial charge < -0.3 is 10.4 Å². The molecule has 2 N–H and O–H groups in total. The lowest BCUT2D eigenvalue weighted by Crippen LogP contribution is -2.16. The molecule has 0 atom stereocenters. The number of hydrogen-bond acceptors (Lipinski definition) is 3. The van der Waals surface area contributed by atoms with Gasteiger partial charge in [-0.15, -0.1) is 0 Å². The first-order valence-corrected chi connectivity index (χ1v) is 9.07. The second kappa shape index (κ2) is 8.02. The van der Waals surface area contributed by atoms with Crippen molar-refractivity contribution >= 4 is 35.0 Å². The Labute approximate surface area is 156 Å². The molecule has 0 saturated carbocycles. The van der Waals surface area contributed by atoms with E-state index in [1.807, 2.05) is 36.4 Å². The van der Waals surface area contributed by atoms with Gasteiger partial charge in [0.2, 0.25) is 0 Å². The minimum absolute atomic E-state index is 0.238. The maximum Gasteiger partial charge on any atom is 0.120 e. The van der Waals surface area contributed by atoms with Crippen molar-refractivity contribution in [1.82, 2.24) is 5.32 Å². The zero-order valence-electron chi connectivity index (χ0n) is 12.8. The number of benzene rings is 2. The highest BCUT2D eigenvalue weighted by Crippen LogP contribution is 2.31. The van der Waals surface area contributed by atoms with Gasteiger partial charge in [-0.05, 0) is 48.4 Å². The number of nitrogens with one attached hydrogen (secondary N) is 1. The molecule has 0 fully saturated rings. The van der Waals surface area contributed by atoms with Gasteiger partial charge in [0.05, 0.1) is 5.70 Å². The molecular weight excluding hydrogens is 361 g/mol. The van der Waals surface area contributed by atoms with Crippen molar-refractivity contribution in [2.75, 3.05) is 0 Å². The van der Waals surface area contributed by atoms with Crippen LogP contribution in [0.15, 0.2) is 80.9 Å². The quantitative estimate of drug-likeness (QED) is 0.662. The molecule has 0 aliphatic heterocycles. The van der Waals surface area contributed by atoms with E-state index in [9.17, 15) is 5.11 Å². The van der Waals surface area contributed by atoms with Crippen LogP contribution in [0.2, 0.25) is 5.02 Å². The zero-order chi connectivity index (χ0) is 16.9.